The quantitative estimate of drug-likeness (QED) is 0.290. The minimum atomic E-state index is 1.24. The largest absolute Gasteiger partial charge is 0.152 e. The molecule has 5 rings (SSSR count). The summed E-state index contributed by atoms with van der Waals surface area (Å²) >= 11 is 1.71. The fourth-order valence-corrected chi connectivity index (χ4v) is 3.70. The molecular formula is C28H22S. The molecule has 140 valence electrons. The van der Waals surface area contributed by atoms with Crippen molar-refractivity contribution < 1.29 is 0 Å². The summed E-state index contributed by atoms with van der Waals surface area (Å²) in [5, 5.41) is 4.08. The molecule has 1 heterocycles. The Labute approximate surface area is 176 Å². The molecule has 0 aliphatic rings. The summed E-state index contributed by atoms with van der Waals surface area (Å²) in [6, 6.07) is 42.6. The molecule has 0 bridgehead atoms. The van der Waals surface area contributed by atoms with Crippen LogP contribution in [0, 0.1) is 0 Å². The third-order valence-electron chi connectivity index (χ3n) is 4.68. The number of thiophene rings is 1. The van der Waals surface area contributed by atoms with Crippen molar-refractivity contribution in [3.8, 4) is 33.4 Å². The predicted molar refractivity (Wildman–Crippen MR) is 127 cm³/mol. The molecule has 0 unspecified atom stereocenters. The van der Waals surface area contributed by atoms with Gasteiger partial charge in [-0.15, -0.1) is 0 Å². The minimum Gasteiger partial charge on any atom is -0.152 e. The first kappa shape index (κ1) is 18.9. The maximum atomic E-state index is 2.27. The summed E-state index contributed by atoms with van der Waals surface area (Å²) in [6.45, 7) is 0. The van der Waals surface area contributed by atoms with Crippen LogP contribution in [0.15, 0.2) is 132 Å². The zero-order chi connectivity index (χ0) is 19.7. The Bertz CT molecular complexity index is 956. The Balaban J connectivity index is 0.000000359. The molecule has 0 aliphatic heterocycles. The summed E-state index contributed by atoms with van der Waals surface area (Å²) in [4.78, 5) is 0. The second-order valence-electron chi connectivity index (χ2n) is 6.69. The van der Waals surface area contributed by atoms with Crippen LogP contribution in [0.1, 0.15) is 0 Å². The third kappa shape index (κ3) is 5.10. The highest BCUT2D eigenvalue weighted by Crippen LogP contribution is 2.32. The standard InChI is InChI=1S/C24H18.C4H4S/c1-4-10-19(11-5-1)22-16-23(20-12-6-2-7-13-20)18-24(17-22)21-14-8-3-9-15-21;1-2-4-5-3-1/h1-18H;1-4H. The van der Waals surface area contributed by atoms with Gasteiger partial charge in [-0.25, -0.2) is 0 Å². The lowest BCUT2D eigenvalue weighted by atomic mass is 9.93. The molecule has 1 heteroatoms. The highest BCUT2D eigenvalue weighted by atomic mass is 32.1. The van der Waals surface area contributed by atoms with Gasteiger partial charge in [-0.1, -0.05) is 103 Å². The highest BCUT2D eigenvalue weighted by Gasteiger charge is 2.06. The van der Waals surface area contributed by atoms with Crippen molar-refractivity contribution >= 4 is 11.3 Å². The summed E-state index contributed by atoms with van der Waals surface area (Å²) < 4.78 is 0. The van der Waals surface area contributed by atoms with E-state index in [4.69, 9.17) is 0 Å². The molecule has 0 amide bonds. The van der Waals surface area contributed by atoms with Crippen LogP contribution in [0.3, 0.4) is 0 Å². The molecular weight excluding hydrogens is 368 g/mol. The van der Waals surface area contributed by atoms with E-state index in [2.05, 4.69) is 109 Å². The first-order chi connectivity index (χ1) is 14.4. The van der Waals surface area contributed by atoms with E-state index < -0.39 is 0 Å². The smallest absolute Gasteiger partial charge is 0.00934 e. The SMILES string of the molecule is c1ccc(-c2cc(-c3ccccc3)cc(-c3ccccc3)c2)cc1.c1ccsc1. The Morgan fingerprint density at radius 1 is 0.310 bits per heavy atom. The molecule has 5 aromatic rings. The van der Waals surface area contributed by atoms with Gasteiger partial charge in [0.2, 0.25) is 0 Å². The highest BCUT2D eigenvalue weighted by molar-refractivity contribution is 7.07. The van der Waals surface area contributed by atoms with Gasteiger partial charge in [-0.2, -0.15) is 11.3 Å². The van der Waals surface area contributed by atoms with Gasteiger partial charge in [0.05, 0.1) is 0 Å². The monoisotopic (exact) mass is 390 g/mol. The fraction of sp³-hybridized carbons (Fsp3) is 0. The van der Waals surface area contributed by atoms with Crippen molar-refractivity contribution in [2.75, 3.05) is 0 Å². The van der Waals surface area contributed by atoms with Crippen LogP contribution in [-0.2, 0) is 0 Å². The van der Waals surface area contributed by atoms with Gasteiger partial charge in [0.25, 0.3) is 0 Å². The summed E-state index contributed by atoms with van der Waals surface area (Å²) in [6.07, 6.45) is 0. The van der Waals surface area contributed by atoms with E-state index in [0.717, 1.165) is 0 Å². The van der Waals surface area contributed by atoms with E-state index in [1.807, 2.05) is 22.9 Å². The fourth-order valence-electron chi connectivity index (χ4n) is 3.25. The lowest BCUT2D eigenvalue weighted by Crippen LogP contribution is -1.85. The van der Waals surface area contributed by atoms with Crippen molar-refractivity contribution in [2.45, 2.75) is 0 Å². The van der Waals surface area contributed by atoms with Crippen molar-refractivity contribution in [2.24, 2.45) is 0 Å². The normalized spacial score (nSPS) is 10.1. The van der Waals surface area contributed by atoms with Gasteiger partial charge in [-0.05, 0) is 62.3 Å². The number of hydrogen-bond donors (Lipinski definition) is 0. The molecule has 0 saturated heterocycles. The Kier molecular flexibility index (Phi) is 6.31. The lowest BCUT2D eigenvalue weighted by Gasteiger charge is -2.11. The average molecular weight is 391 g/mol. The van der Waals surface area contributed by atoms with Crippen LogP contribution in [0.5, 0.6) is 0 Å². The first-order valence-corrected chi connectivity index (χ1v) is 10.6. The van der Waals surface area contributed by atoms with E-state index in [1.54, 1.807) is 11.3 Å². The molecule has 0 N–H and O–H groups in total. The Morgan fingerprint density at radius 3 is 0.862 bits per heavy atom. The van der Waals surface area contributed by atoms with E-state index in [0.29, 0.717) is 0 Å². The second kappa shape index (κ2) is 9.68. The first-order valence-electron chi connectivity index (χ1n) is 9.69. The molecule has 4 aromatic carbocycles. The zero-order valence-corrected chi connectivity index (χ0v) is 16.9. The molecule has 0 nitrogen and oxygen atoms in total. The van der Waals surface area contributed by atoms with Crippen LogP contribution in [0.25, 0.3) is 33.4 Å². The third-order valence-corrected chi connectivity index (χ3v) is 5.31. The van der Waals surface area contributed by atoms with E-state index in [9.17, 15) is 0 Å². The molecule has 0 atom stereocenters. The van der Waals surface area contributed by atoms with Gasteiger partial charge < -0.3 is 0 Å². The number of benzene rings is 4. The van der Waals surface area contributed by atoms with Gasteiger partial charge in [0, 0.05) is 0 Å². The average Bonchev–Trinajstić information content (AvgIpc) is 3.41. The zero-order valence-electron chi connectivity index (χ0n) is 16.1. The van der Waals surface area contributed by atoms with Gasteiger partial charge in [0.1, 0.15) is 0 Å². The molecule has 29 heavy (non-hydrogen) atoms. The van der Waals surface area contributed by atoms with Gasteiger partial charge >= 0.3 is 0 Å². The summed E-state index contributed by atoms with van der Waals surface area (Å²) in [7, 11) is 0. The molecule has 0 spiro atoms. The topological polar surface area (TPSA) is 0 Å². The van der Waals surface area contributed by atoms with Crippen LogP contribution < -0.4 is 0 Å². The van der Waals surface area contributed by atoms with Crippen LogP contribution in [0.4, 0.5) is 0 Å². The maximum absolute atomic E-state index is 2.27. The van der Waals surface area contributed by atoms with E-state index >= 15 is 0 Å². The Morgan fingerprint density at radius 2 is 0.621 bits per heavy atom. The molecule has 1 aromatic heterocycles. The summed E-state index contributed by atoms with van der Waals surface area (Å²) in [5.41, 5.74) is 7.47. The van der Waals surface area contributed by atoms with Crippen molar-refractivity contribution in [3.05, 3.63) is 132 Å². The predicted octanol–water partition coefficient (Wildman–Crippen LogP) is 8.44. The van der Waals surface area contributed by atoms with Crippen LogP contribution in [0.2, 0.25) is 0 Å². The van der Waals surface area contributed by atoms with Crippen molar-refractivity contribution in [1.29, 1.82) is 0 Å². The van der Waals surface area contributed by atoms with Crippen LogP contribution in [-0.4, -0.2) is 0 Å². The van der Waals surface area contributed by atoms with Gasteiger partial charge in [0.15, 0.2) is 0 Å². The van der Waals surface area contributed by atoms with Crippen LogP contribution >= 0.6 is 11.3 Å². The minimum absolute atomic E-state index is 1.24. The second-order valence-corrected chi connectivity index (χ2v) is 7.51. The molecule has 0 radical (unpaired) electrons. The molecule has 0 saturated carbocycles. The van der Waals surface area contributed by atoms with E-state index in [1.165, 1.54) is 33.4 Å². The molecule has 0 fully saturated rings. The van der Waals surface area contributed by atoms with Crippen molar-refractivity contribution in [3.63, 3.8) is 0 Å². The van der Waals surface area contributed by atoms with Crippen molar-refractivity contribution in [1.82, 2.24) is 0 Å². The number of rotatable bonds is 3. The summed E-state index contributed by atoms with van der Waals surface area (Å²) in [5.74, 6) is 0. The van der Waals surface area contributed by atoms with Gasteiger partial charge in [-0.3, -0.25) is 0 Å². The maximum Gasteiger partial charge on any atom is -0.00934 e. The Hall–Kier alpha value is -3.42. The number of hydrogen-bond acceptors (Lipinski definition) is 1. The lowest BCUT2D eigenvalue weighted by molar-refractivity contribution is 1.56. The van der Waals surface area contributed by atoms with E-state index in [-0.39, 0.29) is 0 Å². The molecule has 0 aliphatic carbocycles.